The van der Waals surface area contributed by atoms with E-state index in [0.29, 0.717) is 0 Å². The molecule has 0 saturated carbocycles. The fourth-order valence-corrected chi connectivity index (χ4v) is 0. The fraction of sp³-hybridized carbons (Fsp3) is 0. The van der Waals surface area contributed by atoms with Gasteiger partial charge < -0.3 is 5.48 Å². The van der Waals surface area contributed by atoms with E-state index in [2.05, 4.69) is 0 Å². The first-order chi connectivity index (χ1) is 6.00. The second-order valence-electron chi connectivity index (χ2n) is 1.34. The van der Waals surface area contributed by atoms with E-state index in [4.69, 9.17) is 52.6 Å². The predicted octanol–water partition coefficient (Wildman–Crippen LogP) is -3.43. The molecular formula is H9NaO13S3. The number of hydrogen-bond acceptors (Lipinski definition) is 6. The van der Waals surface area contributed by atoms with Gasteiger partial charge in [0.25, 0.3) is 0 Å². The molecule has 8 N–H and O–H groups in total. The summed E-state index contributed by atoms with van der Waals surface area (Å²) >= 11 is 0. The van der Waals surface area contributed by atoms with Gasteiger partial charge in [0, 0.05) is 0 Å². The molecule has 0 aliphatic carbocycles. The van der Waals surface area contributed by atoms with Gasteiger partial charge in [-0.3, -0.25) is 27.3 Å². The summed E-state index contributed by atoms with van der Waals surface area (Å²) in [6, 6.07) is 0. The summed E-state index contributed by atoms with van der Waals surface area (Å²) in [7, 11) is -14.0. The first-order valence-corrected chi connectivity index (χ1v) is 6.29. The molecule has 0 radical (unpaired) electrons. The van der Waals surface area contributed by atoms with Crippen molar-refractivity contribution in [1.29, 1.82) is 0 Å². The van der Waals surface area contributed by atoms with Crippen molar-refractivity contribution in [2.24, 2.45) is 0 Å². The van der Waals surface area contributed by atoms with Gasteiger partial charge in [-0.25, -0.2) is 0 Å². The van der Waals surface area contributed by atoms with Crippen molar-refractivity contribution in [3.63, 3.8) is 0 Å². The van der Waals surface area contributed by atoms with Gasteiger partial charge in [-0.05, 0) is 0 Å². The second-order valence-corrected chi connectivity index (χ2v) is 4.03. The van der Waals surface area contributed by atoms with Crippen molar-refractivity contribution in [3.05, 3.63) is 0 Å². The summed E-state index contributed by atoms with van der Waals surface area (Å²) in [6.07, 6.45) is 0. The Morgan fingerprint density at radius 3 is 0.471 bits per heavy atom. The van der Waals surface area contributed by atoms with Crippen LogP contribution in [0.3, 0.4) is 0 Å². The maximum absolute atomic E-state index is 8.74. The van der Waals surface area contributed by atoms with Crippen molar-refractivity contribution in [2.45, 2.75) is 0 Å². The first-order valence-electron chi connectivity index (χ1n) is 2.10. The van der Waals surface area contributed by atoms with Gasteiger partial charge in [0.05, 0.1) is 0 Å². The molecule has 0 saturated heterocycles. The summed E-state index contributed by atoms with van der Waals surface area (Å²) < 4.78 is 94.8. The zero-order chi connectivity index (χ0) is 13.5. The molecule has 13 nitrogen and oxygen atoms in total. The Kier molecular flexibility index (Phi) is 20.9. The Morgan fingerprint density at radius 2 is 0.471 bits per heavy atom. The van der Waals surface area contributed by atoms with Gasteiger partial charge >= 0.3 is 60.8 Å². The van der Waals surface area contributed by atoms with Crippen molar-refractivity contribution in [2.75, 3.05) is 0 Å². The van der Waals surface area contributed by atoms with E-state index in [9.17, 15) is 0 Å². The van der Waals surface area contributed by atoms with Gasteiger partial charge in [0.1, 0.15) is 0 Å². The van der Waals surface area contributed by atoms with E-state index < -0.39 is 31.2 Å². The molecule has 0 bridgehead atoms. The molecule has 0 atom stereocenters. The zero-order valence-electron chi connectivity index (χ0n) is 6.86. The zero-order valence-corrected chi connectivity index (χ0v) is 9.31. The molecule has 0 aromatic heterocycles. The van der Waals surface area contributed by atoms with Crippen LogP contribution in [0.1, 0.15) is 0 Å². The van der Waals surface area contributed by atoms with E-state index >= 15 is 0 Å². The molecule has 0 spiro atoms. The molecule has 17 heavy (non-hydrogen) atoms. The molecular weight excluding hydrogens is 327 g/mol. The monoisotopic (exact) mass is 336 g/mol. The van der Waals surface area contributed by atoms with Crippen LogP contribution >= 0.6 is 0 Å². The maximum atomic E-state index is 8.74. The van der Waals surface area contributed by atoms with Gasteiger partial charge in [-0.15, -0.1) is 0 Å². The molecule has 17 heteroatoms. The fourth-order valence-electron chi connectivity index (χ4n) is 0. The molecule has 0 fully saturated rings. The standard InChI is InChI=1S/Na.3H2O4S.H2O.H/c;3*1-5(2,3)4;;/h;3*(H2,1,2,3,4);1H2;. The van der Waals surface area contributed by atoms with E-state index in [1.807, 2.05) is 0 Å². The molecule has 0 aliphatic heterocycles. The third kappa shape index (κ3) is 10800. The number of rotatable bonds is 0. The Bertz CT molecular complexity index is 338. The summed E-state index contributed by atoms with van der Waals surface area (Å²) in [5.74, 6) is 0. The average molecular weight is 336 g/mol. The molecule has 0 heterocycles. The summed E-state index contributed by atoms with van der Waals surface area (Å²) in [4.78, 5) is 0. The quantitative estimate of drug-likeness (QED) is 0.186. The number of hydrogen-bond donors (Lipinski definition) is 6. The van der Waals surface area contributed by atoms with E-state index in [0.717, 1.165) is 0 Å². The summed E-state index contributed by atoms with van der Waals surface area (Å²) in [5.41, 5.74) is 0. The Balaban J connectivity index is -0.0000000400. The van der Waals surface area contributed by atoms with Gasteiger partial charge in [0.15, 0.2) is 0 Å². The Morgan fingerprint density at radius 1 is 0.471 bits per heavy atom. The molecule has 0 unspecified atom stereocenters. The topological polar surface area (TPSA) is 255 Å². The van der Waals surface area contributed by atoms with Crippen molar-refractivity contribution in [3.8, 4) is 0 Å². The first kappa shape index (κ1) is 30.5. The van der Waals surface area contributed by atoms with Crippen LogP contribution in [0.5, 0.6) is 0 Å². The van der Waals surface area contributed by atoms with Crippen LogP contribution in [-0.4, -0.2) is 87.6 Å². The normalized spacial score (nSPS) is 10.2. The Hall–Kier alpha value is 0.570. The van der Waals surface area contributed by atoms with E-state index in [-0.39, 0.29) is 35.0 Å². The third-order valence-corrected chi connectivity index (χ3v) is 0. The molecule has 106 valence electrons. The van der Waals surface area contributed by atoms with Crippen molar-refractivity contribution >= 4 is 60.8 Å². The van der Waals surface area contributed by atoms with Crippen LogP contribution in [-0.2, 0) is 31.2 Å². The van der Waals surface area contributed by atoms with Gasteiger partial charge in [-0.2, -0.15) is 25.3 Å². The van der Waals surface area contributed by atoms with Crippen LogP contribution in [0.15, 0.2) is 0 Å². The second kappa shape index (κ2) is 11.6. The minimum atomic E-state index is -4.67. The summed E-state index contributed by atoms with van der Waals surface area (Å²) in [5, 5.41) is 0. The van der Waals surface area contributed by atoms with Crippen LogP contribution < -0.4 is 0 Å². The predicted molar refractivity (Wildman–Crippen MR) is 53.3 cm³/mol. The molecule has 0 rings (SSSR count). The molecule has 0 aromatic rings. The van der Waals surface area contributed by atoms with Gasteiger partial charge in [0.2, 0.25) is 0 Å². The van der Waals surface area contributed by atoms with Crippen LogP contribution in [0.25, 0.3) is 0 Å². The van der Waals surface area contributed by atoms with Crippen LogP contribution in [0.2, 0.25) is 0 Å². The summed E-state index contributed by atoms with van der Waals surface area (Å²) in [6.45, 7) is 0. The minimum absolute atomic E-state index is 0. The molecule has 0 amide bonds. The third-order valence-electron chi connectivity index (χ3n) is 0. The average Bonchev–Trinajstić information content (AvgIpc) is 1.41. The molecule has 0 aliphatic rings. The SMILES string of the molecule is O.O=S(=O)(O)O.O=S(=O)(O)O.O=S(=O)(O)O.[NaH]. The van der Waals surface area contributed by atoms with Crippen molar-refractivity contribution in [1.82, 2.24) is 0 Å². The Labute approximate surface area is 118 Å². The van der Waals surface area contributed by atoms with Crippen LogP contribution in [0, 0.1) is 0 Å². The van der Waals surface area contributed by atoms with E-state index in [1.165, 1.54) is 0 Å². The van der Waals surface area contributed by atoms with Crippen molar-refractivity contribution < 1.29 is 58.0 Å². The van der Waals surface area contributed by atoms with Gasteiger partial charge in [-0.1, -0.05) is 0 Å². The van der Waals surface area contributed by atoms with Crippen LogP contribution in [0.4, 0.5) is 0 Å². The molecule has 0 aromatic carbocycles. The van der Waals surface area contributed by atoms with E-state index in [1.54, 1.807) is 0 Å².